The van der Waals surface area contributed by atoms with Gasteiger partial charge in [-0.25, -0.2) is 0 Å². The lowest BCUT2D eigenvalue weighted by atomic mass is 9.92. The average Bonchev–Trinajstić information content (AvgIpc) is 2.39. The minimum Gasteiger partial charge on any atom is -0.399 e. The summed E-state index contributed by atoms with van der Waals surface area (Å²) >= 11 is 0. The van der Waals surface area contributed by atoms with E-state index < -0.39 is 0 Å². The third-order valence-corrected chi connectivity index (χ3v) is 3.75. The molecule has 0 saturated carbocycles. The van der Waals surface area contributed by atoms with Crippen molar-refractivity contribution in [3.05, 3.63) is 35.4 Å². The molecule has 20 heavy (non-hydrogen) atoms. The van der Waals surface area contributed by atoms with Crippen molar-refractivity contribution in [1.82, 2.24) is 0 Å². The summed E-state index contributed by atoms with van der Waals surface area (Å²) in [4.78, 5) is 2.00. The Morgan fingerprint density at radius 1 is 0.800 bits per heavy atom. The molecule has 0 fully saturated rings. The van der Waals surface area contributed by atoms with Crippen LogP contribution in [0.25, 0.3) is 11.1 Å². The van der Waals surface area contributed by atoms with E-state index >= 15 is 0 Å². The molecule has 0 heterocycles. The van der Waals surface area contributed by atoms with Crippen molar-refractivity contribution in [3.63, 3.8) is 0 Å². The van der Waals surface area contributed by atoms with Gasteiger partial charge in [-0.2, -0.15) is 0 Å². The van der Waals surface area contributed by atoms with Crippen LogP contribution in [0, 0.1) is 13.8 Å². The molecule has 0 saturated heterocycles. The quantitative estimate of drug-likeness (QED) is 0.733. The van der Waals surface area contributed by atoms with Gasteiger partial charge in [0.2, 0.25) is 0 Å². The summed E-state index contributed by atoms with van der Waals surface area (Å²) in [5.41, 5.74) is 25.5. The number of nitrogens with zero attached hydrogens (tertiary/aromatic N) is 1. The van der Waals surface area contributed by atoms with Crippen LogP contribution < -0.4 is 22.1 Å². The number of hydrogen-bond acceptors (Lipinski definition) is 4. The fourth-order valence-electron chi connectivity index (χ4n) is 2.63. The topological polar surface area (TPSA) is 81.3 Å². The third-order valence-electron chi connectivity index (χ3n) is 3.75. The van der Waals surface area contributed by atoms with Gasteiger partial charge < -0.3 is 22.1 Å². The zero-order chi connectivity index (χ0) is 15.0. The van der Waals surface area contributed by atoms with E-state index in [1.165, 1.54) is 0 Å². The highest BCUT2D eigenvalue weighted by Gasteiger charge is 2.18. The number of anilines is 4. The average molecular weight is 270 g/mol. The Hall–Kier alpha value is -2.36. The summed E-state index contributed by atoms with van der Waals surface area (Å²) in [6, 6.07) is 7.70. The fourth-order valence-corrected chi connectivity index (χ4v) is 2.63. The smallest absolute Gasteiger partial charge is 0.0794 e. The molecule has 2 aromatic rings. The monoisotopic (exact) mass is 270 g/mol. The van der Waals surface area contributed by atoms with Gasteiger partial charge in [-0.05, 0) is 42.7 Å². The van der Waals surface area contributed by atoms with Gasteiger partial charge >= 0.3 is 0 Å². The SMILES string of the molecule is Cc1c(C)c(N(C)C)c(N)c(N)c1-c1ccc(N)cc1. The maximum Gasteiger partial charge on any atom is 0.0794 e. The van der Waals surface area contributed by atoms with Crippen LogP contribution in [0.4, 0.5) is 22.7 Å². The highest BCUT2D eigenvalue weighted by molar-refractivity contribution is 5.95. The van der Waals surface area contributed by atoms with Crippen molar-refractivity contribution in [2.24, 2.45) is 0 Å². The first-order chi connectivity index (χ1) is 9.34. The van der Waals surface area contributed by atoms with E-state index in [0.29, 0.717) is 11.4 Å². The van der Waals surface area contributed by atoms with E-state index in [4.69, 9.17) is 17.2 Å². The first kappa shape index (κ1) is 14.1. The van der Waals surface area contributed by atoms with Gasteiger partial charge in [-0.1, -0.05) is 12.1 Å². The summed E-state index contributed by atoms with van der Waals surface area (Å²) in [6.45, 7) is 4.14. The molecular formula is C16H22N4. The standard InChI is InChI=1S/C16H22N4/c1-9-10(2)16(20(3)4)15(19)14(18)13(9)11-5-7-12(17)8-6-11/h5-8H,17-19H2,1-4H3. The van der Waals surface area contributed by atoms with Crippen LogP contribution in [0.5, 0.6) is 0 Å². The summed E-state index contributed by atoms with van der Waals surface area (Å²) in [5.74, 6) is 0. The minimum atomic E-state index is 0.626. The molecule has 0 bridgehead atoms. The molecule has 4 nitrogen and oxygen atoms in total. The van der Waals surface area contributed by atoms with Crippen LogP contribution in [0.15, 0.2) is 24.3 Å². The van der Waals surface area contributed by atoms with Gasteiger partial charge in [-0.3, -0.25) is 0 Å². The predicted molar refractivity (Wildman–Crippen MR) is 88.9 cm³/mol. The second-order valence-corrected chi connectivity index (χ2v) is 5.32. The molecule has 0 atom stereocenters. The lowest BCUT2D eigenvalue weighted by Crippen LogP contribution is -2.15. The van der Waals surface area contributed by atoms with Crippen molar-refractivity contribution >= 4 is 22.7 Å². The van der Waals surface area contributed by atoms with Crippen LogP contribution in [0.3, 0.4) is 0 Å². The fraction of sp³-hybridized carbons (Fsp3) is 0.250. The maximum absolute atomic E-state index is 6.28. The Balaban J connectivity index is 2.75. The van der Waals surface area contributed by atoms with E-state index in [2.05, 4.69) is 13.8 Å². The third kappa shape index (κ3) is 2.13. The molecule has 0 radical (unpaired) electrons. The van der Waals surface area contributed by atoms with Crippen LogP contribution in [-0.4, -0.2) is 14.1 Å². The largest absolute Gasteiger partial charge is 0.399 e. The summed E-state index contributed by atoms with van der Waals surface area (Å²) < 4.78 is 0. The number of benzene rings is 2. The molecule has 0 aliphatic carbocycles. The van der Waals surface area contributed by atoms with Crippen molar-refractivity contribution in [1.29, 1.82) is 0 Å². The summed E-state index contributed by atoms with van der Waals surface area (Å²) in [6.07, 6.45) is 0. The minimum absolute atomic E-state index is 0.626. The second-order valence-electron chi connectivity index (χ2n) is 5.32. The van der Waals surface area contributed by atoms with Crippen LogP contribution >= 0.6 is 0 Å². The molecule has 2 rings (SSSR count). The van der Waals surface area contributed by atoms with Crippen molar-refractivity contribution in [3.8, 4) is 11.1 Å². The molecule has 0 aromatic heterocycles. The molecule has 0 aliphatic heterocycles. The van der Waals surface area contributed by atoms with Crippen LogP contribution in [-0.2, 0) is 0 Å². The lowest BCUT2D eigenvalue weighted by Gasteiger charge is -2.24. The lowest BCUT2D eigenvalue weighted by molar-refractivity contribution is 1.11. The Morgan fingerprint density at radius 2 is 1.35 bits per heavy atom. The number of nitrogen functional groups attached to an aromatic ring is 3. The van der Waals surface area contributed by atoms with Gasteiger partial charge in [0.05, 0.1) is 17.1 Å². The Morgan fingerprint density at radius 3 is 1.85 bits per heavy atom. The van der Waals surface area contributed by atoms with Crippen LogP contribution in [0.2, 0.25) is 0 Å². The van der Waals surface area contributed by atoms with E-state index in [1.54, 1.807) is 0 Å². The molecule has 0 aliphatic rings. The van der Waals surface area contributed by atoms with Gasteiger partial charge in [0.1, 0.15) is 0 Å². The molecule has 6 N–H and O–H groups in total. The number of nitrogens with two attached hydrogens (primary N) is 3. The van der Waals surface area contributed by atoms with Gasteiger partial charge in [0.15, 0.2) is 0 Å². The normalized spacial score (nSPS) is 10.6. The van der Waals surface area contributed by atoms with Crippen molar-refractivity contribution in [2.45, 2.75) is 13.8 Å². The van der Waals surface area contributed by atoms with Crippen LogP contribution in [0.1, 0.15) is 11.1 Å². The highest BCUT2D eigenvalue weighted by atomic mass is 15.1. The van der Waals surface area contributed by atoms with E-state index in [9.17, 15) is 0 Å². The Labute approximate surface area is 120 Å². The summed E-state index contributed by atoms with van der Waals surface area (Å²) in [5, 5.41) is 0. The highest BCUT2D eigenvalue weighted by Crippen LogP contribution is 2.42. The predicted octanol–water partition coefficient (Wildman–Crippen LogP) is 2.78. The Bertz CT molecular complexity index is 614. The second kappa shape index (κ2) is 4.96. The van der Waals surface area contributed by atoms with E-state index in [1.807, 2.05) is 43.3 Å². The molecular weight excluding hydrogens is 248 g/mol. The van der Waals surface area contributed by atoms with Gasteiger partial charge in [0.25, 0.3) is 0 Å². The maximum atomic E-state index is 6.28. The molecule has 2 aromatic carbocycles. The first-order valence-corrected chi connectivity index (χ1v) is 6.56. The van der Waals surface area contributed by atoms with Gasteiger partial charge in [0, 0.05) is 25.3 Å². The van der Waals surface area contributed by atoms with E-state index in [0.717, 1.165) is 33.6 Å². The van der Waals surface area contributed by atoms with E-state index in [-0.39, 0.29) is 0 Å². The molecule has 106 valence electrons. The molecule has 0 spiro atoms. The zero-order valence-electron chi connectivity index (χ0n) is 12.5. The number of hydrogen-bond donors (Lipinski definition) is 3. The van der Waals surface area contributed by atoms with Crippen molar-refractivity contribution in [2.75, 3.05) is 36.2 Å². The Kier molecular flexibility index (Phi) is 3.49. The van der Waals surface area contributed by atoms with Crippen molar-refractivity contribution < 1.29 is 0 Å². The first-order valence-electron chi connectivity index (χ1n) is 6.56. The zero-order valence-corrected chi connectivity index (χ0v) is 12.5. The van der Waals surface area contributed by atoms with Gasteiger partial charge in [-0.15, -0.1) is 0 Å². The summed E-state index contributed by atoms with van der Waals surface area (Å²) in [7, 11) is 3.95. The molecule has 4 heteroatoms. The molecule has 0 unspecified atom stereocenters. The number of rotatable bonds is 2. The molecule has 0 amide bonds.